The summed E-state index contributed by atoms with van der Waals surface area (Å²) in [6, 6.07) is 15.8. The maximum Gasteiger partial charge on any atom is 0.240 e. The summed E-state index contributed by atoms with van der Waals surface area (Å²) in [6.07, 6.45) is 0. The highest BCUT2D eigenvalue weighted by Gasteiger charge is 2.17. The molecule has 0 bridgehead atoms. The van der Waals surface area contributed by atoms with E-state index in [1.165, 1.54) is 0 Å². The topological polar surface area (TPSA) is 55.4 Å². The van der Waals surface area contributed by atoms with E-state index in [1.807, 2.05) is 45.0 Å². The highest BCUT2D eigenvalue weighted by molar-refractivity contribution is 7.89. The lowest BCUT2D eigenvalue weighted by molar-refractivity contribution is 0.129. The average molecular weight is 319 g/mol. The number of hydrogen-bond donors (Lipinski definition) is 1. The molecule has 0 spiro atoms. The van der Waals surface area contributed by atoms with E-state index < -0.39 is 10.0 Å². The third kappa shape index (κ3) is 4.58. The van der Waals surface area contributed by atoms with E-state index in [9.17, 15) is 8.42 Å². The standard InChI is InChI=1S/C17H21NO3S/c1-17(2,3)21-16-12-8-7-9-14(16)13-18-22(19,20)15-10-5-4-6-11-15/h4-12,18H,13H2,1-3H3. The second-order valence-corrected chi connectivity index (χ2v) is 7.73. The lowest BCUT2D eigenvalue weighted by Gasteiger charge is -2.23. The van der Waals surface area contributed by atoms with Gasteiger partial charge in [-0.2, -0.15) is 0 Å². The Bertz CT molecular complexity index is 719. The van der Waals surface area contributed by atoms with Crippen LogP contribution in [0, 0.1) is 0 Å². The van der Waals surface area contributed by atoms with Crippen molar-refractivity contribution in [2.75, 3.05) is 0 Å². The molecule has 0 saturated heterocycles. The smallest absolute Gasteiger partial charge is 0.240 e. The lowest BCUT2D eigenvalue weighted by atomic mass is 10.1. The number of hydrogen-bond acceptors (Lipinski definition) is 3. The molecule has 2 rings (SSSR count). The van der Waals surface area contributed by atoms with Crippen molar-refractivity contribution >= 4 is 10.0 Å². The Morgan fingerprint density at radius 2 is 1.55 bits per heavy atom. The van der Waals surface area contributed by atoms with Crippen molar-refractivity contribution in [3.63, 3.8) is 0 Å². The second-order valence-electron chi connectivity index (χ2n) is 5.96. The Labute approximate surface area is 132 Å². The first-order valence-corrected chi connectivity index (χ1v) is 8.58. The first-order valence-electron chi connectivity index (χ1n) is 7.09. The zero-order valence-electron chi connectivity index (χ0n) is 13.0. The molecule has 22 heavy (non-hydrogen) atoms. The van der Waals surface area contributed by atoms with Crippen molar-refractivity contribution < 1.29 is 13.2 Å². The molecule has 0 unspecified atom stereocenters. The predicted molar refractivity (Wildman–Crippen MR) is 87.3 cm³/mol. The number of nitrogens with one attached hydrogen (secondary N) is 1. The van der Waals surface area contributed by atoms with Crippen LogP contribution in [0.25, 0.3) is 0 Å². The van der Waals surface area contributed by atoms with Gasteiger partial charge in [0.15, 0.2) is 0 Å². The number of ether oxygens (including phenoxy) is 1. The molecular weight excluding hydrogens is 298 g/mol. The van der Waals surface area contributed by atoms with Gasteiger partial charge in [0, 0.05) is 12.1 Å². The van der Waals surface area contributed by atoms with Crippen LogP contribution in [-0.2, 0) is 16.6 Å². The van der Waals surface area contributed by atoms with E-state index >= 15 is 0 Å². The monoisotopic (exact) mass is 319 g/mol. The maximum absolute atomic E-state index is 12.3. The van der Waals surface area contributed by atoms with Crippen LogP contribution in [0.2, 0.25) is 0 Å². The number of benzene rings is 2. The number of para-hydroxylation sites is 1. The first kappa shape index (κ1) is 16.5. The van der Waals surface area contributed by atoms with Gasteiger partial charge in [0.25, 0.3) is 0 Å². The summed E-state index contributed by atoms with van der Waals surface area (Å²) >= 11 is 0. The Balaban J connectivity index is 2.15. The highest BCUT2D eigenvalue weighted by Crippen LogP contribution is 2.23. The van der Waals surface area contributed by atoms with Crippen LogP contribution in [0.3, 0.4) is 0 Å². The van der Waals surface area contributed by atoms with Gasteiger partial charge in [-0.3, -0.25) is 0 Å². The van der Waals surface area contributed by atoms with Crippen molar-refractivity contribution in [2.45, 2.75) is 37.8 Å². The molecule has 4 nitrogen and oxygen atoms in total. The summed E-state index contributed by atoms with van der Waals surface area (Å²) in [6.45, 7) is 6.05. The van der Waals surface area contributed by atoms with Crippen molar-refractivity contribution in [3.8, 4) is 5.75 Å². The fourth-order valence-corrected chi connectivity index (χ4v) is 2.96. The molecule has 0 aromatic heterocycles. The van der Waals surface area contributed by atoms with E-state index in [0.29, 0.717) is 5.75 Å². The third-order valence-corrected chi connectivity index (χ3v) is 4.31. The third-order valence-electron chi connectivity index (χ3n) is 2.89. The van der Waals surface area contributed by atoms with Gasteiger partial charge in [0.2, 0.25) is 10.0 Å². The fraction of sp³-hybridized carbons (Fsp3) is 0.294. The van der Waals surface area contributed by atoms with Crippen molar-refractivity contribution in [1.29, 1.82) is 0 Å². The van der Waals surface area contributed by atoms with E-state index in [0.717, 1.165) is 5.56 Å². The van der Waals surface area contributed by atoms with Crippen LogP contribution in [0.15, 0.2) is 59.5 Å². The SMILES string of the molecule is CC(C)(C)Oc1ccccc1CNS(=O)(=O)c1ccccc1. The van der Waals surface area contributed by atoms with Crippen LogP contribution in [0.1, 0.15) is 26.3 Å². The molecule has 0 heterocycles. The molecule has 0 aliphatic rings. The minimum atomic E-state index is -3.52. The molecular formula is C17H21NO3S. The van der Waals surface area contributed by atoms with Crippen LogP contribution in [-0.4, -0.2) is 14.0 Å². The van der Waals surface area contributed by atoms with Crippen LogP contribution < -0.4 is 9.46 Å². The van der Waals surface area contributed by atoms with Gasteiger partial charge in [-0.05, 0) is 39.0 Å². The normalized spacial score (nSPS) is 12.1. The molecule has 0 aliphatic carbocycles. The molecule has 0 radical (unpaired) electrons. The number of sulfonamides is 1. The summed E-state index contributed by atoms with van der Waals surface area (Å²) in [5.74, 6) is 0.686. The van der Waals surface area contributed by atoms with Crippen molar-refractivity contribution in [3.05, 3.63) is 60.2 Å². The quantitative estimate of drug-likeness (QED) is 0.919. The van der Waals surface area contributed by atoms with E-state index in [-0.39, 0.29) is 17.0 Å². The molecule has 5 heteroatoms. The largest absolute Gasteiger partial charge is 0.488 e. The van der Waals surface area contributed by atoms with Gasteiger partial charge in [0.05, 0.1) is 4.90 Å². The van der Waals surface area contributed by atoms with Gasteiger partial charge in [-0.15, -0.1) is 0 Å². The average Bonchev–Trinajstić information content (AvgIpc) is 2.46. The van der Waals surface area contributed by atoms with Gasteiger partial charge < -0.3 is 4.74 Å². The second kappa shape index (κ2) is 6.50. The highest BCUT2D eigenvalue weighted by atomic mass is 32.2. The van der Waals surface area contributed by atoms with E-state index in [4.69, 9.17) is 4.74 Å². The van der Waals surface area contributed by atoms with E-state index in [1.54, 1.807) is 30.3 Å². The van der Waals surface area contributed by atoms with Gasteiger partial charge >= 0.3 is 0 Å². The minimum Gasteiger partial charge on any atom is -0.488 e. The molecule has 0 amide bonds. The van der Waals surface area contributed by atoms with Gasteiger partial charge in [0.1, 0.15) is 11.4 Å². The molecule has 0 aliphatic heterocycles. The molecule has 2 aromatic rings. The molecule has 0 saturated carbocycles. The summed E-state index contributed by atoms with van der Waals surface area (Å²) in [5.41, 5.74) is 0.464. The Hall–Kier alpha value is -1.85. The van der Waals surface area contributed by atoms with Crippen molar-refractivity contribution in [1.82, 2.24) is 4.72 Å². The Kier molecular flexibility index (Phi) is 4.88. The predicted octanol–water partition coefficient (Wildman–Crippen LogP) is 3.34. The summed E-state index contributed by atoms with van der Waals surface area (Å²) in [7, 11) is -3.52. The summed E-state index contributed by atoms with van der Waals surface area (Å²) < 4.78 is 33.0. The van der Waals surface area contributed by atoms with Gasteiger partial charge in [-0.1, -0.05) is 36.4 Å². The summed E-state index contributed by atoms with van der Waals surface area (Å²) in [4.78, 5) is 0.254. The molecule has 0 fully saturated rings. The molecule has 0 atom stereocenters. The number of rotatable bonds is 5. The van der Waals surface area contributed by atoms with Crippen LogP contribution >= 0.6 is 0 Å². The van der Waals surface area contributed by atoms with Crippen LogP contribution in [0.5, 0.6) is 5.75 Å². The zero-order chi connectivity index (χ0) is 16.2. The Morgan fingerprint density at radius 3 is 2.18 bits per heavy atom. The molecule has 118 valence electrons. The van der Waals surface area contributed by atoms with Gasteiger partial charge in [-0.25, -0.2) is 13.1 Å². The lowest BCUT2D eigenvalue weighted by Crippen LogP contribution is -2.26. The summed E-state index contributed by atoms with van der Waals surface area (Å²) in [5, 5.41) is 0. The molecule has 1 N–H and O–H groups in total. The fourth-order valence-electron chi connectivity index (χ4n) is 1.94. The maximum atomic E-state index is 12.3. The Morgan fingerprint density at radius 1 is 0.955 bits per heavy atom. The minimum absolute atomic E-state index is 0.184. The molecule has 2 aromatic carbocycles. The van der Waals surface area contributed by atoms with Crippen molar-refractivity contribution in [2.24, 2.45) is 0 Å². The van der Waals surface area contributed by atoms with Crippen LogP contribution in [0.4, 0.5) is 0 Å². The first-order chi connectivity index (χ1) is 10.3. The zero-order valence-corrected chi connectivity index (χ0v) is 13.9. The van der Waals surface area contributed by atoms with E-state index in [2.05, 4.69) is 4.72 Å².